The van der Waals surface area contributed by atoms with Crippen LogP contribution in [0.15, 0.2) is 0 Å². The normalized spacial score (nSPS) is 29.7. The van der Waals surface area contributed by atoms with Crippen molar-refractivity contribution in [3.05, 3.63) is 0 Å². The van der Waals surface area contributed by atoms with E-state index in [1.165, 1.54) is 6.42 Å². The van der Waals surface area contributed by atoms with Crippen LogP contribution in [0.25, 0.3) is 0 Å². The van der Waals surface area contributed by atoms with Gasteiger partial charge in [0.05, 0.1) is 5.75 Å². The maximum Gasteiger partial charge on any atom is 0.320 e. The first kappa shape index (κ1) is 18.7. The van der Waals surface area contributed by atoms with Gasteiger partial charge in [0.2, 0.25) is 10.0 Å². The number of carbonyl (C=O) groups is 1. The van der Waals surface area contributed by atoms with Gasteiger partial charge in [0.1, 0.15) is 6.04 Å². The Morgan fingerprint density at radius 1 is 1.33 bits per heavy atom. The summed E-state index contributed by atoms with van der Waals surface area (Å²) >= 11 is 0. The SMILES string of the molecule is CCS(=O)(=O)NCCN1C(C(=O)O)CC2CCCCC21.Cl. The molecule has 0 bridgehead atoms. The number of sulfonamides is 1. The van der Waals surface area contributed by atoms with Crippen LogP contribution in [0.5, 0.6) is 0 Å². The quantitative estimate of drug-likeness (QED) is 0.755. The molecule has 3 atom stereocenters. The molecule has 3 unspecified atom stereocenters. The van der Waals surface area contributed by atoms with Crippen molar-refractivity contribution in [2.24, 2.45) is 5.92 Å². The minimum absolute atomic E-state index is 0. The lowest BCUT2D eigenvalue weighted by molar-refractivity contribution is -0.142. The number of fused-ring (bicyclic) bond motifs is 1. The first-order chi connectivity index (χ1) is 9.44. The second kappa shape index (κ2) is 7.76. The lowest BCUT2D eigenvalue weighted by Gasteiger charge is -2.32. The molecule has 0 aromatic heterocycles. The van der Waals surface area contributed by atoms with E-state index < -0.39 is 22.0 Å². The van der Waals surface area contributed by atoms with Crippen molar-refractivity contribution in [3.8, 4) is 0 Å². The van der Waals surface area contributed by atoms with Crippen LogP contribution in [0.3, 0.4) is 0 Å². The Kier molecular flexibility index (Phi) is 6.90. The Bertz CT molecular complexity index is 457. The molecule has 0 amide bonds. The highest BCUT2D eigenvalue weighted by Crippen LogP contribution is 2.39. The maximum absolute atomic E-state index is 11.4. The fraction of sp³-hybridized carbons (Fsp3) is 0.923. The lowest BCUT2D eigenvalue weighted by atomic mass is 9.85. The van der Waals surface area contributed by atoms with Gasteiger partial charge in [0.25, 0.3) is 0 Å². The molecule has 1 saturated heterocycles. The molecule has 1 saturated carbocycles. The van der Waals surface area contributed by atoms with Crippen LogP contribution < -0.4 is 4.72 Å². The molecule has 8 heteroatoms. The van der Waals surface area contributed by atoms with E-state index in [1.807, 2.05) is 4.90 Å². The molecular weight excluding hydrogens is 316 g/mol. The fourth-order valence-electron chi connectivity index (χ4n) is 3.55. The Balaban J connectivity index is 0.00000220. The molecule has 21 heavy (non-hydrogen) atoms. The van der Waals surface area contributed by atoms with E-state index in [0.29, 0.717) is 31.5 Å². The third-order valence-electron chi connectivity index (χ3n) is 4.58. The first-order valence-corrected chi connectivity index (χ1v) is 9.05. The molecule has 0 aromatic carbocycles. The van der Waals surface area contributed by atoms with Gasteiger partial charge in [-0.25, -0.2) is 13.1 Å². The summed E-state index contributed by atoms with van der Waals surface area (Å²) in [5.74, 6) is -0.258. The second-order valence-corrected chi connectivity index (χ2v) is 7.83. The zero-order valence-corrected chi connectivity index (χ0v) is 14.0. The van der Waals surface area contributed by atoms with Gasteiger partial charge in [-0.3, -0.25) is 9.69 Å². The molecule has 1 heterocycles. The number of aliphatic carboxylic acids is 1. The van der Waals surface area contributed by atoms with Crippen molar-refractivity contribution >= 4 is 28.4 Å². The number of nitrogens with one attached hydrogen (secondary N) is 1. The van der Waals surface area contributed by atoms with Gasteiger partial charge in [-0.15, -0.1) is 12.4 Å². The fourth-order valence-corrected chi connectivity index (χ4v) is 4.16. The number of halogens is 1. The number of carboxylic acids is 1. The molecule has 0 spiro atoms. The topological polar surface area (TPSA) is 86.7 Å². The Morgan fingerprint density at radius 2 is 2.00 bits per heavy atom. The third kappa shape index (κ3) is 4.55. The van der Waals surface area contributed by atoms with Gasteiger partial charge in [0, 0.05) is 19.1 Å². The average Bonchev–Trinajstić information content (AvgIpc) is 2.78. The van der Waals surface area contributed by atoms with E-state index in [9.17, 15) is 18.3 Å². The Hall–Kier alpha value is -0.370. The molecule has 124 valence electrons. The van der Waals surface area contributed by atoms with Crippen LogP contribution in [0, 0.1) is 5.92 Å². The minimum Gasteiger partial charge on any atom is -0.480 e. The van der Waals surface area contributed by atoms with Crippen molar-refractivity contribution in [2.75, 3.05) is 18.8 Å². The summed E-state index contributed by atoms with van der Waals surface area (Å²) in [6.45, 7) is 2.37. The largest absolute Gasteiger partial charge is 0.480 e. The summed E-state index contributed by atoms with van der Waals surface area (Å²) in [4.78, 5) is 13.4. The highest BCUT2D eigenvalue weighted by atomic mass is 35.5. The van der Waals surface area contributed by atoms with Crippen LogP contribution >= 0.6 is 12.4 Å². The number of hydrogen-bond donors (Lipinski definition) is 2. The van der Waals surface area contributed by atoms with Gasteiger partial charge >= 0.3 is 5.97 Å². The highest BCUT2D eigenvalue weighted by molar-refractivity contribution is 7.89. The monoisotopic (exact) mass is 340 g/mol. The van der Waals surface area contributed by atoms with E-state index in [0.717, 1.165) is 19.3 Å². The van der Waals surface area contributed by atoms with Crippen LogP contribution in [0.1, 0.15) is 39.0 Å². The van der Waals surface area contributed by atoms with Crippen molar-refractivity contribution in [3.63, 3.8) is 0 Å². The summed E-state index contributed by atoms with van der Waals surface area (Å²) in [5, 5.41) is 9.36. The van der Waals surface area contributed by atoms with Gasteiger partial charge in [-0.1, -0.05) is 12.8 Å². The molecule has 2 N–H and O–H groups in total. The van der Waals surface area contributed by atoms with E-state index >= 15 is 0 Å². The molecular formula is C13H25ClN2O4S. The smallest absolute Gasteiger partial charge is 0.320 e. The predicted octanol–water partition coefficient (Wildman–Crippen LogP) is 1.07. The molecule has 1 aliphatic heterocycles. The number of nitrogens with zero attached hydrogens (tertiary/aromatic N) is 1. The van der Waals surface area contributed by atoms with Crippen molar-refractivity contribution in [2.45, 2.75) is 51.1 Å². The van der Waals surface area contributed by atoms with Gasteiger partial charge < -0.3 is 5.11 Å². The minimum atomic E-state index is -3.20. The van der Waals surface area contributed by atoms with E-state index in [4.69, 9.17) is 0 Å². The van der Waals surface area contributed by atoms with Crippen LogP contribution in [-0.2, 0) is 14.8 Å². The van der Waals surface area contributed by atoms with Gasteiger partial charge in [-0.2, -0.15) is 0 Å². The molecule has 0 radical (unpaired) electrons. The van der Waals surface area contributed by atoms with Crippen LogP contribution in [-0.4, -0.2) is 55.3 Å². The molecule has 6 nitrogen and oxygen atoms in total. The molecule has 2 fully saturated rings. The zero-order chi connectivity index (χ0) is 14.8. The summed E-state index contributed by atoms with van der Waals surface area (Å²) in [6, 6.07) is -0.134. The number of hydrogen-bond acceptors (Lipinski definition) is 4. The summed E-state index contributed by atoms with van der Waals surface area (Å²) in [5.41, 5.74) is 0. The van der Waals surface area contributed by atoms with Crippen molar-refractivity contribution in [1.82, 2.24) is 9.62 Å². The number of likely N-dealkylation sites (tertiary alicyclic amines) is 1. The summed E-state index contributed by atoms with van der Waals surface area (Å²) < 4.78 is 25.4. The average molecular weight is 341 g/mol. The molecule has 2 aliphatic rings. The standard InChI is InChI=1S/C13H24N2O4S.ClH/c1-2-20(18,19)14-7-8-15-11-6-4-3-5-10(11)9-12(15)13(16)17;/h10-12,14H,2-9H2,1H3,(H,16,17);1H. The number of carboxylic acid groups (broad SMARTS) is 1. The third-order valence-corrected chi connectivity index (χ3v) is 5.98. The van der Waals surface area contributed by atoms with E-state index in [2.05, 4.69) is 4.72 Å². The van der Waals surface area contributed by atoms with E-state index in [-0.39, 0.29) is 18.2 Å². The summed E-state index contributed by atoms with van der Waals surface area (Å²) in [7, 11) is -3.20. The van der Waals surface area contributed by atoms with E-state index in [1.54, 1.807) is 6.92 Å². The van der Waals surface area contributed by atoms with Gasteiger partial charge in [-0.05, 0) is 32.1 Å². The Labute approximate surface area is 132 Å². The summed E-state index contributed by atoms with van der Waals surface area (Å²) in [6.07, 6.45) is 5.18. The van der Waals surface area contributed by atoms with Gasteiger partial charge in [0.15, 0.2) is 0 Å². The predicted molar refractivity (Wildman–Crippen MR) is 83.2 cm³/mol. The maximum atomic E-state index is 11.4. The zero-order valence-electron chi connectivity index (χ0n) is 12.3. The highest BCUT2D eigenvalue weighted by Gasteiger charge is 2.44. The Morgan fingerprint density at radius 3 is 2.62 bits per heavy atom. The number of rotatable bonds is 6. The first-order valence-electron chi connectivity index (χ1n) is 7.40. The lowest BCUT2D eigenvalue weighted by Crippen LogP contribution is -2.46. The second-order valence-electron chi connectivity index (χ2n) is 5.74. The molecule has 0 aromatic rings. The molecule has 1 aliphatic carbocycles. The van der Waals surface area contributed by atoms with Crippen LogP contribution in [0.2, 0.25) is 0 Å². The van der Waals surface area contributed by atoms with Crippen molar-refractivity contribution in [1.29, 1.82) is 0 Å². The molecule has 2 rings (SSSR count). The van der Waals surface area contributed by atoms with Crippen molar-refractivity contribution < 1.29 is 18.3 Å². The van der Waals surface area contributed by atoms with Crippen LogP contribution in [0.4, 0.5) is 0 Å².